The first-order chi connectivity index (χ1) is 13.7. The fourth-order valence-electron chi connectivity index (χ4n) is 2.65. The molecule has 1 aliphatic heterocycles. The molecular weight excluding hydrogens is 454 g/mol. The SMILES string of the molecule is Brc1ccc(N2CCCCC2)nc1.O=[N+]([O-])c1cc([N+](=O)[O-])c(O)c([N+](=O)[O-])c1. The number of phenols is 1. The molecule has 1 fully saturated rings. The van der Waals surface area contributed by atoms with Crippen molar-refractivity contribution < 1.29 is 19.9 Å². The number of rotatable bonds is 4. The molecule has 2 heterocycles. The van der Waals surface area contributed by atoms with Crippen LogP contribution in [0.4, 0.5) is 22.9 Å². The number of aromatic hydroxyl groups is 1. The first-order valence-corrected chi connectivity index (χ1v) is 9.16. The number of piperidine rings is 1. The molecule has 0 spiro atoms. The highest BCUT2D eigenvalue weighted by atomic mass is 79.9. The van der Waals surface area contributed by atoms with Crippen LogP contribution in [0.15, 0.2) is 34.9 Å². The van der Waals surface area contributed by atoms with E-state index in [-0.39, 0.29) is 0 Å². The Balaban J connectivity index is 0.000000211. The van der Waals surface area contributed by atoms with E-state index < -0.39 is 37.6 Å². The van der Waals surface area contributed by atoms with Crippen LogP contribution in [-0.4, -0.2) is 37.9 Å². The summed E-state index contributed by atoms with van der Waals surface area (Å²) in [6, 6.07) is 5.02. The van der Waals surface area contributed by atoms with E-state index >= 15 is 0 Å². The van der Waals surface area contributed by atoms with Crippen LogP contribution in [0.3, 0.4) is 0 Å². The molecule has 0 bridgehead atoms. The molecule has 12 nitrogen and oxygen atoms in total. The van der Waals surface area contributed by atoms with Gasteiger partial charge < -0.3 is 10.0 Å². The summed E-state index contributed by atoms with van der Waals surface area (Å²) >= 11 is 3.39. The Morgan fingerprint density at radius 3 is 1.90 bits per heavy atom. The topological polar surface area (TPSA) is 166 Å². The number of benzene rings is 1. The smallest absolute Gasteiger partial charge is 0.324 e. The molecule has 0 amide bonds. The Kier molecular flexibility index (Phi) is 7.36. The van der Waals surface area contributed by atoms with Crippen molar-refractivity contribution in [2.24, 2.45) is 0 Å². The Morgan fingerprint density at radius 2 is 1.48 bits per heavy atom. The first kappa shape index (κ1) is 21.9. The van der Waals surface area contributed by atoms with E-state index in [0.29, 0.717) is 12.1 Å². The van der Waals surface area contributed by atoms with Gasteiger partial charge in [0.25, 0.3) is 11.4 Å². The number of nitrogens with zero attached hydrogens (tertiary/aromatic N) is 5. The van der Waals surface area contributed by atoms with Crippen LogP contribution < -0.4 is 4.90 Å². The van der Waals surface area contributed by atoms with Crippen molar-refractivity contribution in [3.05, 3.63) is 65.3 Å². The molecule has 0 unspecified atom stereocenters. The van der Waals surface area contributed by atoms with E-state index in [4.69, 9.17) is 5.11 Å². The molecule has 0 atom stereocenters. The Bertz CT molecular complexity index is 881. The molecule has 1 aromatic carbocycles. The minimum absolute atomic E-state index is 0.447. The average molecular weight is 470 g/mol. The van der Waals surface area contributed by atoms with Crippen molar-refractivity contribution in [2.75, 3.05) is 18.0 Å². The van der Waals surface area contributed by atoms with Crippen LogP contribution in [0.1, 0.15) is 19.3 Å². The number of non-ortho nitro benzene ring substituents is 1. The standard InChI is InChI=1S/C10H13BrN2.C6H3N3O7/c11-9-4-5-10(12-8-9)13-6-2-1-3-7-13;10-6-4(8(13)14)1-3(7(11)12)2-5(6)9(15)16/h4-5,8H,1-3,6-7H2;1-2,10H. The maximum atomic E-state index is 10.4. The van der Waals surface area contributed by atoms with Crippen LogP contribution in [0, 0.1) is 30.3 Å². The van der Waals surface area contributed by atoms with Gasteiger partial charge in [-0.15, -0.1) is 0 Å². The van der Waals surface area contributed by atoms with Crippen molar-refractivity contribution in [1.29, 1.82) is 0 Å². The van der Waals surface area contributed by atoms with Crippen molar-refractivity contribution in [3.63, 3.8) is 0 Å². The summed E-state index contributed by atoms with van der Waals surface area (Å²) in [5, 5.41) is 40.2. The highest BCUT2D eigenvalue weighted by Gasteiger charge is 2.30. The maximum absolute atomic E-state index is 10.4. The van der Waals surface area contributed by atoms with E-state index in [2.05, 4.69) is 37.9 Å². The zero-order chi connectivity index (χ0) is 21.6. The highest BCUT2D eigenvalue weighted by Crippen LogP contribution is 2.38. The minimum atomic E-state index is -1.21. The molecule has 154 valence electrons. The molecule has 0 radical (unpaired) electrons. The van der Waals surface area contributed by atoms with Crippen LogP contribution in [-0.2, 0) is 0 Å². The number of nitro benzene ring substituents is 3. The lowest BCUT2D eigenvalue weighted by Gasteiger charge is -2.27. The summed E-state index contributed by atoms with van der Waals surface area (Å²) in [6.45, 7) is 2.32. The predicted molar refractivity (Wildman–Crippen MR) is 106 cm³/mol. The number of hydrogen-bond donors (Lipinski definition) is 1. The van der Waals surface area contributed by atoms with Crippen molar-refractivity contribution in [2.45, 2.75) is 19.3 Å². The van der Waals surface area contributed by atoms with Crippen LogP contribution >= 0.6 is 15.9 Å². The fraction of sp³-hybridized carbons (Fsp3) is 0.312. The molecule has 2 aromatic rings. The molecule has 3 rings (SSSR count). The van der Waals surface area contributed by atoms with Gasteiger partial charge in [0.1, 0.15) is 5.82 Å². The van der Waals surface area contributed by atoms with Crippen LogP contribution in [0.2, 0.25) is 0 Å². The number of nitro groups is 3. The molecule has 0 saturated carbocycles. The van der Waals surface area contributed by atoms with E-state index in [1.54, 1.807) is 0 Å². The lowest BCUT2D eigenvalue weighted by atomic mass is 10.1. The second-order valence-corrected chi connectivity index (χ2v) is 6.90. The van der Waals surface area contributed by atoms with E-state index in [1.165, 1.54) is 19.3 Å². The first-order valence-electron chi connectivity index (χ1n) is 8.37. The van der Waals surface area contributed by atoms with Gasteiger partial charge in [0.15, 0.2) is 0 Å². The van der Waals surface area contributed by atoms with Gasteiger partial charge in [0.2, 0.25) is 0 Å². The fourth-order valence-corrected chi connectivity index (χ4v) is 2.89. The van der Waals surface area contributed by atoms with Gasteiger partial charge in [-0.25, -0.2) is 4.98 Å². The van der Waals surface area contributed by atoms with Gasteiger partial charge >= 0.3 is 11.4 Å². The van der Waals surface area contributed by atoms with E-state index in [9.17, 15) is 30.3 Å². The summed E-state index contributed by atoms with van der Waals surface area (Å²) in [5.41, 5.74) is -3.00. The monoisotopic (exact) mass is 469 g/mol. The normalized spacial score (nSPS) is 13.2. The van der Waals surface area contributed by atoms with Gasteiger partial charge in [-0.2, -0.15) is 0 Å². The van der Waals surface area contributed by atoms with Crippen LogP contribution in [0.5, 0.6) is 5.75 Å². The maximum Gasteiger partial charge on any atom is 0.324 e. The van der Waals surface area contributed by atoms with Gasteiger partial charge in [0, 0.05) is 23.8 Å². The summed E-state index contributed by atoms with van der Waals surface area (Å²) in [6.07, 6.45) is 5.84. The molecule has 0 aliphatic carbocycles. The van der Waals surface area contributed by atoms with Crippen molar-refractivity contribution >= 4 is 38.8 Å². The molecule has 13 heteroatoms. The minimum Gasteiger partial charge on any atom is -0.497 e. The number of aromatic nitrogens is 1. The molecule has 29 heavy (non-hydrogen) atoms. The third kappa shape index (κ3) is 5.81. The lowest BCUT2D eigenvalue weighted by Crippen LogP contribution is -2.29. The quantitative estimate of drug-likeness (QED) is 0.514. The highest BCUT2D eigenvalue weighted by molar-refractivity contribution is 9.10. The lowest BCUT2D eigenvalue weighted by molar-refractivity contribution is -0.404. The predicted octanol–water partition coefficient (Wildman–Crippen LogP) is 3.95. The average Bonchev–Trinajstić information content (AvgIpc) is 2.69. The number of pyridine rings is 1. The third-order valence-electron chi connectivity index (χ3n) is 4.05. The number of hydrogen-bond acceptors (Lipinski definition) is 9. The molecule has 1 saturated heterocycles. The second kappa shape index (κ2) is 9.73. The zero-order valence-corrected chi connectivity index (χ0v) is 16.5. The Labute approximate surface area is 172 Å². The van der Waals surface area contributed by atoms with E-state index in [0.717, 1.165) is 23.4 Å². The largest absolute Gasteiger partial charge is 0.497 e. The molecule has 1 aliphatic rings. The van der Waals surface area contributed by atoms with Gasteiger partial charge in [0.05, 0.1) is 26.9 Å². The zero-order valence-electron chi connectivity index (χ0n) is 14.9. The van der Waals surface area contributed by atoms with E-state index in [1.807, 2.05) is 6.20 Å². The molecular formula is C16H16BrN5O7. The number of anilines is 1. The summed E-state index contributed by atoms with van der Waals surface area (Å²) in [7, 11) is 0. The van der Waals surface area contributed by atoms with Gasteiger partial charge in [-0.1, -0.05) is 0 Å². The summed E-state index contributed by atoms with van der Waals surface area (Å²) < 4.78 is 1.05. The van der Waals surface area contributed by atoms with Crippen molar-refractivity contribution in [1.82, 2.24) is 4.98 Å². The van der Waals surface area contributed by atoms with Gasteiger partial charge in [-0.3, -0.25) is 30.3 Å². The molecule has 1 aromatic heterocycles. The number of halogens is 1. The summed E-state index contributed by atoms with van der Waals surface area (Å²) in [4.78, 5) is 34.5. The molecule has 1 N–H and O–H groups in total. The third-order valence-corrected chi connectivity index (χ3v) is 4.52. The summed E-state index contributed by atoms with van der Waals surface area (Å²) in [5.74, 6) is -0.0940. The second-order valence-electron chi connectivity index (χ2n) is 5.99. The van der Waals surface area contributed by atoms with Crippen molar-refractivity contribution in [3.8, 4) is 5.75 Å². The Hall–Kier alpha value is -3.35. The van der Waals surface area contributed by atoms with Crippen LogP contribution in [0.25, 0.3) is 0 Å². The van der Waals surface area contributed by atoms with Gasteiger partial charge in [-0.05, 0) is 47.3 Å². The number of phenolic OH excluding ortho intramolecular Hbond substituents is 1. The Morgan fingerprint density at radius 1 is 0.931 bits per heavy atom.